The number of carboxylic acids is 1. The van der Waals surface area contributed by atoms with Gasteiger partial charge in [-0.15, -0.1) is 0 Å². The number of likely N-dealkylation sites (tertiary alicyclic amines) is 1. The van der Waals surface area contributed by atoms with Crippen molar-refractivity contribution < 1.29 is 23.5 Å². The maximum absolute atomic E-state index is 13.8. The van der Waals surface area contributed by atoms with Crippen LogP contribution in [-0.4, -0.2) is 34.5 Å². The first-order chi connectivity index (χ1) is 10.4. The number of carbonyl (C=O) groups is 2. The lowest BCUT2D eigenvalue weighted by atomic mass is 10.0. The molecule has 22 heavy (non-hydrogen) atoms. The molecule has 3 rings (SSSR count). The number of carbonyl (C=O) groups excluding carboxylic acids is 1. The molecule has 1 aromatic carbocycles. The highest BCUT2D eigenvalue weighted by Gasteiger charge is 2.50. The maximum Gasteiger partial charge on any atom is 0.308 e. The van der Waals surface area contributed by atoms with Crippen molar-refractivity contribution in [1.29, 1.82) is 0 Å². The highest BCUT2D eigenvalue weighted by Crippen LogP contribution is 2.50. The van der Waals surface area contributed by atoms with Crippen LogP contribution >= 0.6 is 0 Å². The van der Waals surface area contributed by atoms with Gasteiger partial charge in [-0.05, 0) is 31.9 Å². The molecule has 1 heterocycles. The van der Waals surface area contributed by atoms with Crippen molar-refractivity contribution in [3.63, 3.8) is 0 Å². The van der Waals surface area contributed by atoms with Crippen LogP contribution in [0.15, 0.2) is 18.2 Å². The Hall–Kier alpha value is -1.98. The molecule has 1 saturated carbocycles. The van der Waals surface area contributed by atoms with E-state index in [0.29, 0.717) is 19.4 Å². The van der Waals surface area contributed by atoms with E-state index in [1.807, 2.05) is 0 Å². The minimum atomic E-state index is -0.907. The molecule has 1 aliphatic carbocycles. The average molecular weight is 309 g/mol. The van der Waals surface area contributed by atoms with E-state index in [0.717, 1.165) is 0 Å². The minimum Gasteiger partial charge on any atom is -0.481 e. The van der Waals surface area contributed by atoms with Gasteiger partial charge in [0.2, 0.25) is 5.91 Å². The van der Waals surface area contributed by atoms with Gasteiger partial charge >= 0.3 is 5.97 Å². The third-order valence-corrected chi connectivity index (χ3v) is 4.83. The predicted octanol–water partition coefficient (Wildman–Crippen LogP) is 2.39. The van der Waals surface area contributed by atoms with Crippen molar-refractivity contribution in [2.75, 3.05) is 6.54 Å². The highest BCUT2D eigenvalue weighted by atomic mass is 19.1. The molecule has 0 radical (unpaired) electrons. The molecule has 4 atom stereocenters. The number of hydrogen-bond acceptors (Lipinski definition) is 2. The van der Waals surface area contributed by atoms with E-state index < -0.39 is 35.4 Å². The van der Waals surface area contributed by atoms with E-state index in [4.69, 9.17) is 5.11 Å². The number of rotatable bonds is 3. The van der Waals surface area contributed by atoms with Gasteiger partial charge in [0, 0.05) is 30.0 Å². The first kappa shape index (κ1) is 14.9. The third kappa shape index (κ3) is 2.36. The van der Waals surface area contributed by atoms with Gasteiger partial charge in [0.25, 0.3) is 0 Å². The van der Waals surface area contributed by atoms with Crippen LogP contribution < -0.4 is 0 Å². The Bertz CT molecular complexity index is 614. The fourth-order valence-corrected chi connectivity index (χ4v) is 3.45. The Morgan fingerprint density at radius 3 is 2.41 bits per heavy atom. The molecule has 0 bridgehead atoms. The molecular weight excluding hydrogens is 292 g/mol. The standard InChI is InChI=1S/C16H17F2NO3/c1-8-9(16(21)22)5-6-19(8)15(20)11-7-10(11)14-12(17)3-2-4-13(14)18/h2-4,8-11H,5-7H2,1H3,(H,21,22). The first-order valence-electron chi connectivity index (χ1n) is 7.39. The number of nitrogens with zero attached hydrogens (tertiary/aromatic N) is 1. The van der Waals surface area contributed by atoms with E-state index in [9.17, 15) is 18.4 Å². The molecule has 1 N–H and O–H groups in total. The van der Waals surface area contributed by atoms with Crippen LogP contribution in [0, 0.1) is 23.5 Å². The summed E-state index contributed by atoms with van der Waals surface area (Å²) in [5, 5.41) is 9.10. The minimum absolute atomic E-state index is 0.0255. The molecule has 4 unspecified atom stereocenters. The van der Waals surface area contributed by atoms with E-state index in [1.54, 1.807) is 11.8 Å². The van der Waals surface area contributed by atoms with E-state index in [1.165, 1.54) is 18.2 Å². The lowest BCUT2D eigenvalue weighted by Gasteiger charge is -2.23. The molecule has 1 saturated heterocycles. The second-order valence-electron chi connectivity index (χ2n) is 6.09. The van der Waals surface area contributed by atoms with Gasteiger partial charge < -0.3 is 10.0 Å². The normalized spacial score (nSPS) is 30.4. The molecule has 2 aliphatic rings. The Balaban J connectivity index is 1.73. The largest absolute Gasteiger partial charge is 0.481 e. The van der Waals surface area contributed by atoms with Gasteiger partial charge in [0.1, 0.15) is 11.6 Å². The lowest BCUT2D eigenvalue weighted by molar-refractivity contribution is -0.143. The summed E-state index contributed by atoms with van der Waals surface area (Å²) in [7, 11) is 0. The fraction of sp³-hybridized carbons (Fsp3) is 0.500. The number of benzene rings is 1. The molecule has 118 valence electrons. The maximum atomic E-state index is 13.8. The van der Waals surface area contributed by atoms with Gasteiger partial charge in [0.15, 0.2) is 0 Å². The number of carboxylic acid groups (broad SMARTS) is 1. The first-order valence-corrected chi connectivity index (χ1v) is 7.39. The van der Waals surface area contributed by atoms with Gasteiger partial charge in [0.05, 0.1) is 5.92 Å². The van der Waals surface area contributed by atoms with Gasteiger partial charge in [-0.2, -0.15) is 0 Å². The van der Waals surface area contributed by atoms with E-state index in [-0.39, 0.29) is 17.5 Å². The molecule has 6 heteroatoms. The Morgan fingerprint density at radius 2 is 1.86 bits per heavy atom. The molecule has 1 amide bonds. The van der Waals surface area contributed by atoms with Crippen LogP contribution in [0.4, 0.5) is 8.78 Å². The average Bonchev–Trinajstić information content (AvgIpc) is 3.12. The summed E-state index contributed by atoms with van der Waals surface area (Å²) in [5.74, 6) is -3.80. The molecule has 1 aromatic rings. The molecule has 1 aliphatic heterocycles. The number of aliphatic carboxylic acids is 1. The predicted molar refractivity (Wildman–Crippen MR) is 74.1 cm³/mol. The van der Waals surface area contributed by atoms with E-state index >= 15 is 0 Å². The SMILES string of the molecule is CC1C(C(=O)O)CCN1C(=O)C1CC1c1c(F)cccc1F. The fourth-order valence-electron chi connectivity index (χ4n) is 3.45. The van der Waals surface area contributed by atoms with Gasteiger partial charge in [-0.25, -0.2) is 8.78 Å². The summed E-state index contributed by atoms with van der Waals surface area (Å²) >= 11 is 0. The highest BCUT2D eigenvalue weighted by molar-refractivity contribution is 5.85. The van der Waals surface area contributed by atoms with Crippen molar-refractivity contribution in [3.05, 3.63) is 35.4 Å². The zero-order valence-corrected chi connectivity index (χ0v) is 12.1. The molecule has 0 spiro atoms. The van der Waals surface area contributed by atoms with Crippen molar-refractivity contribution in [2.45, 2.75) is 31.7 Å². The monoisotopic (exact) mass is 309 g/mol. The molecular formula is C16H17F2NO3. The third-order valence-electron chi connectivity index (χ3n) is 4.83. The van der Waals surface area contributed by atoms with Crippen LogP contribution in [-0.2, 0) is 9.59 Å². The van der Waals surface area contributed by atoms with Crippen molar-refractivity contribution in [2.24, 2.45) is 11.8 Å². The smallest absolute Gasteiger partial charge is 0.308 e. The Morgan fingerprint density at radius 1 is 1.23 bits per heavy atom. The van der Waals surface area contributed by atoms with Crippen molar-refractivity contribution in [1.82, 2.24) is 4.90 Å². The summed E-state index contributed by atoms with van der Waals surface area (Å²) in [5.41, 5.74) is -0.0255. The van der Waals surface area contributed by atoms with Crippen LogP contribution in [0.3, 0.4) is 0 Å². The van der Waals surface area contributed by atoms with Crippen LogP contribution in [0.5, 0.6) is 0 Å². The second-order valence-corrected chi connectivity index (χ2v) is 6.09. The van der Waals surface area contributed by atoms with E-state index in [2.05, 4.69) is 0 Å². The number of hydrogen-bond donors (Lipinski definition) is 1. The summed E-state index contributed by atoms with van der Waals surface area (Å²) < 4.78 is 27.5. The topological polar surface area (TPSA) is 57.6 Å². The summed E-state index contributed by atoms with van der Waals surface area (Å²) in [6, 6.07) is 3.30. The zero-order chi connectivity index (χ0) is 16.0. The van der Waals surface area contributed by atoms with Crippen LogP contribution in [0.1, 0.15) is 31.2 Å². The second kappa shape index (κ2) is 5.34. The zero-order valence-electron chi connectivity index (χ0n) is 12.1. The summed E-state index contributed by atoms with van der Waals surface area (Å²) in [6.07, 6.45) is 0.839. The quantitative estimate of drug-likeness (QED) is 0.932. The summed E-state index contributed by atoms with van der Waals surface area (Å²) in [6.45, 7) is 2.10. The molecule has 4 nitrogen and oxygen atoms in total. The van der Waals surface area contributed by atoms with Gasteiger partial charge in [-0.3, -0.25) is 9.59 Å². The lowest BCUT2D eigenvalue weighted by Crippen LogP contribution is -2.38. The Labute approximate surface area is 126 Å². The van der Waals surface area contributed by atoms with Crippen LogP contribution in [0.25, 0.3) is 0 Å². The Kier molecular flexibility index (Phi) is 3.62. The van der Waals surface area contributed by atoms with Gasteiger partial charge in [-0.1, -0.05) is 6.07 Å². The number of halogens is 2. The molecule has 2 fully saturated rings. The summed E-state index contributed by atoms with van der Waals surface area (Å²) in [4.78, 5) is 25.1. The van der Waals surface area contributed by atoms with Crippen molar-refractivity contribution in [3.8, 4) is 0 Å². The molecule has 0 aromatic heterocycles. The van der Waals surface area contributed by atoms with Crippen LogP contribution in [0.2, 0.25) is 0 Å². The van der Waals surface area contributed by atoms with Crippen molar-refractivity contribution >= 4 is 11.9 Å². The number of amides is 1.